The molecule has 1 aliphatic rings. The minimum atomic E-state index is -3.49. The summed E-state index contributed by atoms with van der Waals surface area (Å²) in [6, 6.07) is 0. The minimum absolute atomic E-state index is 0.108. The van der Waals surface area contributed by atoms with Gasteiger partial charge in [-0.15, -0.1) is 0 Å². The molecule has 20 heavy (non-hydrogen) atoms. The number of hydrogen-bond donors (Lipinski definition) is 1. The van der Waals surface area contributed by atoms with Gasteiger partial charge in [-0.05, 0) is 13.3 Å². The average Bonchev–Trinajstić information content (AvgIpc) is 3.07. The largest absolute Gasteiger partial charge is 0.346 e. The highest BCUT2D eigenvalue weighted by Crippen LogP contribution is 2.29. The number of aromatic nitrogens is 4. The summed E-state index contributed by atoms with van der Waals surface area (Å²) in [6.07, 6.45) is 5.57. The van der Waals surface area contributed by atoms with Crippen molar-refractivity contribution in [3.8, 4) is 0 Å². The van der Waals surface area contributed by atoms with E-state index in [-0.39, 0.29) is 10.9 Å². The van der Waals surface area contributed by atoms with Crippen LogP contribution in [0.1, 0.15) is 23.9 Å². The fraction of sp³-hybridized carbons (Fsp3) is 0.500. The first-order chi connectivity index (χ1) is 9.46. The Morgan fingerprint density at radius 3 is 2.80 bits per heavy atom. The van der Waals surface area contributed by atoms with E-state index in [4.69, 9.17) is 0 Å². The molecule has 7 nitrogen and oxygen atoms in total. The third-order valence-electron chi connectivity index (χ3n) is 3.55. The van der Waals surface area contributed by atoms with Crippen LogP contribution >= 0.6 is 0 Å². The molecule has 3 rings (SSSR count). The van der Waals surface area contributed by atoms with Crippen LogP contribution in [-0.2, 0) is 17.1 Å². The number of aryl methyl sites for hydroxylation is 2. The lowest BCUT2D eigenvalue weighted by atomic mass is 10.1. The van der Waals surface area contributed by atoms with Crippen molar-refractivity contribution in [2.24, 2.45) is 7.05 Å². The summed E-state index contributed by atoms with van der Waals surface area (Å²) >= 11 is 0. The Hall–Kier alpha value is -1.67. The summed E-state index contributed by atoms with van der Waals surface area (Å²) in [5, 5.41) is 0.108. The van der Waals surface area contributed by atoms with Crippen LogP contribution in [0.2, 0.25) is 0 Å². The molecule has 0 aliphatic carbocycles. The molecule has 1 atom stereocenters. The van der Waals surface area contributed by atoms with Crippen LogP contribution in [0.15, 0.2) is 23.7 Å². The van der Waals surface area contributed by atoms with Crippen molar-refractivity contribution in [3.63, 3.8) is 0 Å². The van der Waals surface area contributed by atoms with Crippen molar-refractivity contribution in [2.45, 2.75) is 24.3 Å². The second kappa shape index (κ2) is 4.71. The zero-order chi connectivity index (χ0) is 14.3. The molecule has 2 aromatic heterocycles. The Labute approximate surface area is 117 Å². The molecular formula is C12H17N5O2S. The van der Waals surface area contributed by atoms with E-state index in [0.717, 1.165) is 17.9 Å². The quantitative estimate of drug-likeness (QED) is 0.900. The molecule has 1 saturated heterocycles. The van der Waals surface area contributed by atoms with Gasteiger partial charge in [0.1, 0.15) is 5.82 Å². The highest BCUT2D eigenvalue weighted by molar-refractivity contribution is 7.89. The predicted octanol–water partition coefficient (Wildman–Crippen LogP) is 0.630. The molecule has 1 fully saturated rings. The molecular weight excluding hydrogens is 278 g/mol. The van der Waals surface area contributed by atoms with E-state index in [1.54, 1.807) is 17.8 Å². The van der Waals surface area contributed by atoms with Crippen LogP contribution in [-0.4, -0.2) is 45.3 Å². The molecule has 0 amide bonds. The lowest BCUT2D eigenvalue weighted by molar-refractivity contribution is 0.469. The molecule has 1 N–H and O–H groups in total. The van der Waals surface area contributed by atoms with Crippen molar-refractivity contribution in [2.75, 3.05) is 13.1 Å². The van der Waals surface area contributed by atoms with Crippen LogP contribution < -0.4 is 0 Å². The first-order valence-corrected chi connectivity index (χ1v) is 7.90. The number of H-pyrrole nitrogens is 1. The highest BCUT2D eigenvalue weighted by Gasteiger charge is 2.35. The molecule has 3 heterocycles. The topological polar surface area (TPSA) is 83.9 Å². The molecule has 108 valence electrons. The van der Waals surface area contributed by atoms with Gasteiger partial charge >= 0.3 is 0 Å². The molecule has 0 saturated carbocycles. The van der Waals surface area contributed by atoms with Crippen molar-refractivity contribution in [3.05, 3.63) is 30.2 Å². The van der Waals surface area contributed by atoms with E-state index in [1.807, 2.05) is 6.92 Å². The maximum absolute atomic E-state index is 12.4. The molecule has 0 bridgehead atoms. The summed E-state index contributed by atoms with van der Waals surface area (Å²) < 4.78 is 28.0. The van der Waals surface area contributed by atoms with Crippen molar-refractivity contribution in [1.82, 2.24) is 23.8 Å². The van der Waals surface area contributed by atoms with Gasteiger partial charge in [0.15, 0.2) is 5.03 Å². The number of nitrogens with zero attached hydrogens (tertiary/aromatic N) is 4. The number of imidazole rings is 2. The fourth-order valence-electron chi connectivity index (χ4n) is 2.46. The summed E-state index contributed by atoms with van der Waals surface area (Å²) in [6.45, 7) is 2.89. The van der Waals surface area contributed by atoms with E-state index < -0.39 is 10.0 Å². The van der Waals surface area contributed by atoms with E-state index in [0.29, 0.717) is 13.1 Å². The molecule has 8 heteroatoms. The van der Waals surface area contributed by atoms with Gasteiger partial charge < -0.3 is 9.55 Å². The van der Waals surface area contributed by atoms with Crippen LogP contribution in [0.5, 0.6) is 0 Å². The van der Waals surface area contributed by atoms with Crippen LogP contribution in [0.25, 0.3) is 0 Å². The number of sulfonamides is 1. The predicted molar refractivity (Wildman–Crippen MR) is 72.6 cm³/mol. The summed E-state index contributed by atoms with van der Waals surface area (Å²) in [4.78, 5) is 11.4. The monoisotopic (exact) mass is 295 g/mol. The molecule has 1 aliphatic heterocycles. The van der Waals surface area contributed by atoms with Crippen LogP contribution in [0, 0.1) is 6.92 Å². The van der Waals surface area contributed by atoms with E-state index in [2.05, 4.69) is 15.0 Å². The minimum Gasteiger partial charge on any atom is -0.346 e. The van der Waals surface area contributed by atoms with Crippen LogP contribution in [0.3, 0.4) is 0 Å². The van der Waals surface area contributed by atoms with Crippen LogP contribution in [0.4, 0.5) is 0 Å². The Morgan fingerprint density at radius 2 is 2.20 bits per heavy atom. The van der Waals surface area contributed by atoms with Gasteiger partial charge in [0, 0.05) is 44.1 Å². The van der Waals surface area contributed by atoms with Gasteiger partial charge in [0.25, 0.3) is 10.0 Å². The SMILES string of the molecule is Cc1cnc([C@H]2CCN(S(=O)(=O)c3cn(C)cn3)C2)[nH]1. The maximum atomic E-state index is 12.4. The third-order valence-corrected chi connectivity index (χ3v) is 5.30. The Morgan fingerprint density at radius 1 is 1.40 bits per heavy atom. The standard InChI is InChI=1S/C12H17N5O2S/c1-9-5-13-12(15-9)10-3-4-17(6-10)20(18,19)11-7-16(2)8-14-11/h5,7-8,10H,3-4,6H2,1-2H3,(H,13,15)/t10-/m0/s1. The Bertz CT molecular complexity index is 718. The highest BCUT2D eigenvalue weighted by atomic mass is 32.2. The van der Waals surface area contributed by atoms with Gasteiger partial charge in [0.2, 0.25) is 0 Å². The average molecular weight is 295 g/mol. The van der Waals surface area contributed by atoms with Gasteiger partial charge in [-0.1, -0.05) is 0 Å². The first kappa shape index (κ1) is 13.3. The summed E-state index contributed by atoms with van der Waals surface area (Å²) in [5.41, 5.74) is 0.992. The number of aromatic amines is 1. The van der Waals surface area contributed by atoms with Crippen molar-refractivity contribution >= 4 is 10.0 Å². The fourth-order valence-corrected chi connectivity index (χ4v) is 3.93. The molecule has 2 aromatic rings. The van der Waals surface area contributed by atoms with Gasteiger partial charge in [0.05, 0.1) is 6.33 Å². The van der Waals surface area contributed by atoms with Crippen molar-refractivity contribution in [1.29, 1.82) is 0 Å². The molecule has 0 radical (unpaired) electrons. The zero-order valence-corrected chi connectivity index (χ0v) is 12.3. The molecule has 0 aromatic carbocycles. The van der Waals surface area contributed by atoms with Gasteiger partial charge in [-0.2, -0.15) is 4.31 Å². The van der Waals surface area contributed by atoms with Gasteiger partial charge in [-0.25, -0.2) is 18.4 Å². The molecule has 0 unspecified atom stereocenters. The summed E-state index contributed by atoms with van der Waals surface area (Å²) in [5.74, 6) is 0.989. The zero-order valence-electron chi connectivity index (χ0n) is 11.4. The number of hydrogen-bond acceptors (Lipinski definition) is 4. The van der Waals surface area contributed by atoms with E-state index in [9.17, 15) is 8.42 Å². The van der Waals surface area contributed by atoms with E-state index in [1.165, 1.54) is 16.8 Å². The summed E-state index contributed by atoms with van der Waals surface area (Å²) in [7, 11) is -1.74. The maximum Gasteiger partial charge on any atom is 0.262 e. The Kier molecular flexibility index (Phi) is 3.14. The normalized spacial score (nSPS) is 20.6. The number of nitrogens with one attached hydrogen (secondary N) is 1. The number of rotatable bonds is 3. The molecule has 0 spiro atoms. The lowest BCUT2D eigenvalue weighted by Crippen LogP contribution is -2.29. The smallest absolute Gasteiger partial charge is 0.262 e. The second-order valence-electron chi connectivity index (χ2n) is 5.18. The van der Waals surface area contributed by atoms with E-state index >= 15 is 0 Å². The lowest BCUT2D eigenvalue weighted by Gasteiger charge is -2.14. The van der Waals surface area contributed by atoms with Crippen molar-refractivity contribution < 1.29 is 8.42 Å². The third kappa shape index (κ3) is 2.25. The second-order valence-corrected chi connectivity index (χ2v) is 7.06. The Balaban J connectivity index is 1.80. The first-order valence-electron chi connectivity index (χ1n) is 6.46. The van der Waals surface area contributed by atoms with Gasteiger partial charge in [-0.3, -0.25) is 0 Å².